The fourth-order valence-electron chi connectivity index (χ4n) is 2.52. The number of nitrogens with two attached hydrogens (primary N) is 1. The van der Waals surface area contributed by atoms with Gasteiger partial charge in [0, 0.05) is 0 Å². The first-order chi connectivity index (χ1) is 9.77. The predicted molar refractivity (Wildman–Crippen MR) is 77.2 cm³/mol. The van der Waals surface area contributed by atoms with Gasteiger partial charge in [-0.05, 0) is 37.3 Å². The van der Waals surface area contributed by atoms with Crippen LogP contribution >= 0.6 is 12.2 Å². The Kier molecular flexibility index (Phi) is 4.70. The van der Waals surface area contributed by atoms with E-state index in [0.717, 1.165) is 31.7 Å². The zero-order valence-electron chi connectivity index (χ0n) is 11.6. The molecule has 2 rings (SSSR count). The molecule has 0 radical (unpaired) electrons. The molecule has 2 unspecified atom stereocenters. The number of halogens is 3. The molecule has 0 aliphatic heterocycles. The quantitative estimate of drug-likeness (QED) is 0.864. The highest BCUT2D eigenvalue weighted by Crippen LogP contribution is 2.32. The van der Waals surface area contributed by atoms with Crippen LogP contribution in [-0.4, -0.2) is 16.1 Å². The molecule has 1 fully saturated rings. The molecule has 0 saturated heterocycles. The van der Waals surface area contributed by atoms with Crippen LogP contribution in [0.3, 0.4) is 0 Å². The Balaban J connectivity index is 2.28. The fraction of sp³-hybridized carbons (Fsp3) is 0.571. The van der Waals surface area contributed by atoms with E-state index < -0.39 is 11.9 Å². The molecule has 2 N–H and O–H groups in total. The second kappa shape index (κ2) is 6.17. The van der Waals surface area contributed by atoms with E-state index in [1.54, 1.807) is 0 Å². The van der Waals surface area contributed by atoms with Gasteiger partial charge in [0.25, 0.3) is 0 Å². The molecule has 1 aromatic rings. The number of alkyl halides is 3. The summed E-state index contributed by atoms with van der Waals surface area (Å²) in [7, 11) is 0. The van der Waals surface area contributed by atoms with Crippen LogP contribution in [-0.2, 0) is 6.18 Å². The van der Waals surface area contributed by atoms with Gasteiger partial charge in [-0.1, -0.05) is 25.6 Å². The van der Waals surface area contributed by atoms with Crippen molar-refractivity contribution in [2.75, 3.05) is 0 Å². The topological polar surface area (TPSA) is 48.1 Å². The monoisotopic (exact) mass is 318 g/mol. The van der Waals surface area contributed by atoms with E-state index in [1.165, 1.54) is 6.07 Å². The summed E-state index contributed by atoms with van der Waals surface area (Å²) in [4.78, 5) is 3.55. The lowest BCUT2D eigenvalue weighted by Crippen LogP contribution is -2.26. The van der Waals surface area contributed by atoms with Gasteiger partial charge in [-0.15, -0.1) is 0 Å². The van der Waals surface area contributed by atoms with Crippen molar-refractivity contribution in [3.05, 3.63) is 23.4 Å². The number of aromatic nitrogens is 1. The Morgan fingerprint density at radius 3 is 2.67 bits per heavy atom. The Labute approximate surface area is 126 Å². The number of rotatable bonds is 3. The number of hydrogen-bond acceptors (Lipinski definition) is 3. The van der Waals surface area contributed by atoms with Gasteiger partial charge >= 0.3 is 6.18 Å². The first-order valence-electron chi connectivity index (χ1n) is 6.82. The first-order valence-corrected chi connectivity index (χ1v) is 7.23. The van der Waals surface area contributed by atoms with Crippen molar-refractivity contribution < 1.29 is 17.9 Å². The second-order valence-corrected chi connectivity index (χ2v) is 5.86. The van der Waals surface area contributed by atoms with Crippen molar-refractivity contribution in [1.82, 2.24) is 4.98 Å². The summed E-state index contributed by atoms with van der Waals surface area (Å²) in [6.45, 7) is 2.10. The summed E-state index contributed by atoms with van der Waals surface area (Å²) in [6, 6.07) is 2.09. The minimum absolute atomic E-state index is 0.0184. The molecule has 21 heavy (non-hydrogen) atoms. The molecular formula is C14H17F3N2OS. The molecule has 1 aliphatic carbocycles. The Morgan fingerprint density at radius 1 is 1.38 bits per heavy atom. The smallest absolute Gasteiger partial charge is 0.433 e. The minimum Gasteiger partial charge on any atom is -0.474 e. The summed E-state index contributed by atoms with van der Waals surface area (Å²) in [5.41, 5.74) is 4.78. The lowest BCUT2D eigenvalue weighted by atomic mass is 9.89. The van der Waals surface area contributed by atoms with Crippen LogP contribution < -0.4 is 10.5 Å². The van der Waals surface area contributed by atoms with Gasteiger partial charge in [-0.3, -0.25) is 0 Å². The van der Waals surface area contributed by atoms with Crippen molar-refractivity contribution in [2.24, 2.45) is 11.7 Å². The molecule has 1 saturated carbocycles. The van der Waals surface area contributed by atoms with Gasteiger partial charge in [0.05, 0.1) is 5.56 Å². The van der Waals surface area contributed by atoms with Crippen LogP contribution in [0.4, 0.5) is 13.2 Å². The predicted octanol–water partition coefficient (Wildman–Crippen LogP) is 3.69. The molecule has 116 valence electrons. The van der Waals surface area contributed by atoms with E-state index in [9.17, 15) is 13.2 Å². The SMILES string of the molecule is CC1CCCC(Oc2nc(C(F)(F)F)ccc2C(N)=S)C1. The summed E-state index contributed by atoms with van der Waals surface area (Å²) >= 11 is 4.85. The minimum atomic E-state index is -4.52. The zero-order chi connectivity index (χ0) is 15.6. The number of ether oxygens (including phenoxy) is 1. The average Bonchev–Trinajstić information content (AvgIpc) is 2.37. The third kappa shape index (κ3) is 4.06. The molecule has 0 amide bonds. The second-order valence-electron chi connectivity index (χ2n) is 5.42. The maximum Gasteiger partial charge on any atom is 0.433 e. The number of hydrogen-bond donors (Lipinski definition) is 1. The Hall–Kier alpha value is -1.37. The zero-order valence-corrected chi connectivity index (χ0v) is 12.4. The van der Waals surface area contributed by atoms with Gasteiger partial charge in [0.2, 0.25) is 5.88 Å². The van der Waals surface area contributed by atoms with Crippen LogP contribution in [0.15, 0.2) is 12.1 Å². The fourth-order valence-corrected chi connectivity index (χ4v) is 2.67. The van der Waals surface area contributed by atoms with Crippen molar-refractivity contribution >= 4 is 17.2 Å². The van der Waals surface area contributed by atoms with Gasteiger partial charge in [-0.2, -0.15) is 13.2 Å². The standard InChI is InChI=1S/C14H17F3N2OS/c1-8-3-2-4-9(7-8)20-13-10(12(18)21)5-6-11(19-13)14(15,16)17/h5-6,8-9H,2-4,7H2,1H3,(H2,18,21). The van der Waals surface area contributed by atoms with E-state index in [4.69, 9.17) is 22.7 Å². The van der Waals surface area contributed by atoms with Crippen molar-refractivity contribution in [2.45, 2.75) is 44.9 Å². The summed E-state index contributed by atoms with van der Waals surface area (Å²) in [6.07, 6.45) is -0.955. The third-order valence-corrected chi connectivity index (χ3v) is 3.80. The van der Waals surface area contributed by atoms with Gasteiger partial charge in [0.15, 0.2) is 0 Å². The molecular weight excluding hydrogens is 301 g/mol. The lowest BCUT2D eigenvalue weighted by molar-refractivity contribution is -0.141. The number of nitrogens with zero attached hydrogens (tertiary/aromatic N) is 1. The molecule has 3 nitrogen and oxygen atoms in total. The van der Waals surface area contributed by atoms with E-state index in [0.29, 0.717) is 5.92 Å². The number of pyridine rings is 1. The largest absolute Gasteiger partial charge is 0.474 e. The Morgan fingerprint density at radius 2 is 2.10 bits per heavy atom. The van der Waals surface area contributed by atoms with Crippen molar-refractivity contribution in [1.29, 1.82) is 0 Å². The third-order valence-electron chi connectivity index (χ3n) is 3.58. The molecule has 0 spiro atoms. The molecule has 1 heterocycles. The lowest BCUT2D eigenvalue weighted by Gasteiger charge is -2.27. The highest BCUT2D eigenvalue weighted by Gasteiger charge is 2.34. The number of thiocarbonyl (C=S) groups is 1. The molecule has 0 bridgehead atoms. The molecule has 1 aromatic heterocycles. The van der Waals surface area contributed by atoms with Gasteiger partial charge in [-0.25, -0.2) is 4.98 Å². The molecule has 0 aromatic carbocycles. The van der Waals surface area contributed by atoms with Crippen molar-refractivity contribution in [3.8, 4) is 5.88 Å². The van der Waals surface area contributed by atoms with E-state index in [2.05, 4.69) is 11.9 Å². The first kappa shape index (κ1) is 16.0. The van der Waals surface area contributed by atoms with Crippen LogP contribution in [0, 0.1) is 5.92 Å². The Bertz CT molecular complexity index is 533. The van der Waals surface area contributed by atoms with Gasteiger partial charge in [0.1, 0.15) is 16.8 Å². The molecule has 7 heteroatoms. The molecule has 2 atom stereocenters. The summed E-state index contributed by atoms with van der Waals surface area (Å²) in [5.74, 6) is 0.374. The van der Waals surface area contributed by atoms with E-state index in [-0.39, 0.29) is 22.5 Å². The van der Waals surface area contributed by atoms with Crippen LogP contribution in [0.5, 0.6) is 5.88 Å². The highest BCUT2D eigenvalue weighted by molar-refractivity contribution is 7.80. The highest BCUT2D eigenvalue weighted by atomic mass is 32.1. The maximum absolute atomic E-state index is 12.8. The molecule has 1 aliphatic rings. The van der Waals surface area contributed by atoms with E-state index >= 15 is 0 Å². The van der Waals surface area contributed by atoms with Crippen LogP contribution in [0.2, 0.25) is 0 Å². The van der Waals surface area contributed by atoms with Crippen molar-refractivity contribution in [3.63, 3.8) is 0 Å². The maximum atomic E-state index is 12.8. The van der Waals surface area contributed by atoms with Crippen LogP contribution in [0.25, 0.3) is 0 Å². The van der Waals surface area contributed by atoms with E-state index in [1.807, 2.05) is 0 Å². The van der Waals surface area contributed by atoms with Crippen LogP contribution in [0.1, 0.15) is 43.9 Å². The van der Waals surface area contributed by atoms with Gasteiger partial charge < -0.3 is 10.5 Å². The normalized spacial score (nSPS) is 22.9. The summed E-state index contributed by atoms with van der Waals surface area (Å²) < 4.78 is 44.0. The summed E-state index contributed by atoms with van der Waals surface area (Å²) in [5, 5.41) is 0. The average molecular weight is 318 g/mol.